The summed E-state index contributed by atoms with van der Waals surface area (Å²) in [4.78, 5) is 38.0. The monoisotopic (exact) mass is 474 g/mol. The van der Waals surface area contributed by atoms with Crippen LogP contribution in [0.15, 0.2) is 60.9 Å². The molecule has 2 N–H and O–H groups in total. The van der Waals surface area contributed by atoms with Gasteiger partial charge in [-0.3, -0.25) is 19.6 Å². The van der Waals surface area contributed by atoms with Crippen LogP contribution in [0.25, 0.3) is 11.1 Å². The first-order chi connectivity index (χ1) is 16.9. The number of aromatic nitrogens is 2. The predicted octanol–water partition coefficient (Wildman–Crippen LogP) is 3.57. The van der Waals surface area contributed by atoms with Crippen molar-refractivity contribution in [3.8, 4) is 11.1 Å². The van der Waals surface area contributed by atoms with Crippen molar-refractivity contribution >= 4 is 23.7 Å². The van der Waals surface area contributed by atoms with E-state index < -0.39 is 18.0 Å². The second kappa shape index (κ2) is 9.25. The predicted molar refractivity (Wildman–Crippen MR) is 128 cm³/mol. The van der Waals surface area contributed by atoms with Crippen molar-refractivity contribution in [3.63, 3.8) is 0 Å². The smallest absolute Gasteiger partial charge is 0.411 e. The molecule has 9 nitrogen and oxygen atoms in total. The Kier molecular flexibility index (Phi) is 5.98. The molecule has 1 aliphatic carbocycles. The highest BCUT2D eigenvalue weighted by molar-refractivity contribution is 5.85. The molecule has 2 aromatic carbocycles. The maximum Gasteiger partial charge on any atom is 0.411 e. The first-order valence-electron chi connectivity index (χ1n) is 11.6. The summed E-state index contributed by atoms with van der Waals surface area (Å²) in [5.74, 6) is -1.69. The molecule has 9 heteroatoms. The number of ether oxygens (including phenoxy) is 1. The molecule has 2 aliphatic rings. The second-order valence-corrected chi connectivity index (χ2v) is 8.94. The highest BCUT2D eigenvalue weighted by Crippen LogP contribution is 2.44. The normalized spacial score (nSPS) is 18.7. The summed E-state index contributed by atoms with van der Waals surface area (Å²) >= 11 is 0. The molecular formula is C26H26N4O5. The van der Waals surface area contributed by atoms with Crippen LogP contribution >= 0.6 is 0 Å². The molecule has 0 spiro atoms. The van der Waals surface area contributed by atoms with Gasteiger partial charge in [0.25, 0.3) is 0 Å². The van der Waals surface area contributed by atoms with Crippen molar-refractivity contribution in [1.29, 1.82) is 0 Å². The number of nitrogens with one attached hydrogen (secondary N) is 1. The van der Waals surface area contributed by atoms with Gasteiger partial charge in [0.1, 0.15) is 13.2 Å². The number of carboxylic acid groups (broad SMARTS) is 1. The molecule has 2 atom stereocenters. The van der Waals surface area contributed by atoms with Crippen molar-refractivity contribution in [2.24, 2.45) is 5.92 Å². The molecule has 2 amide bonds. The number of carboxylic acids is 1. The van der Waals surface area contributed by atoms with Gasteiger partial charge in [0.2, 0.25) is 5.91 Å². The number of aliphatic carboxylic acids is 1. The number of hydrogen-bond acceptors (Lipinski definition) is 5. The zero-order valence-electron chi connectivity index (χ0n) is 19.3. The first kappa shape index (κ1) is 22.6. The summed E-state index contributed by atoms with van der Waals surface area (Å²) < 4.78 is 6.96. The van der Waals surface area contributed by atoms with Gasteiger partial charge in [-0.15, -0.1) is 0 Å². The van der Waals surface area contributed by atoms with Crippen LogP contribution in [0.1, 0.15) is 30.4 Å². The van der Waals surface area contributed by atoms with Gasteiger partial charge in [0, 0.05) is 24.7 Å². The van der Waals surface area contributed by atoms with Crippen LogP contribution in [0.2, 0.25) is 0 Å². The molecule has 1 aliphatic heterocycles. The van der Waals surface area contributed by atoms with E-state index in [1.54, 1.807) is 18.0 Å². The Morgan fingerprint density at radius 2 is 1.74 bits per heavy atom. The second-order valence-electron chi connectivity index (χ2n) is 8.94. The van der Waals surface area contributed by atoms with Gasteiger partial charge in [-0.25, -0.2) is 4.79 Å². The molecule has 2 heterocycles. The van der Waals surface area contributed by atoms with E-state index in [0.717, 1.165) is 22.3 Å². The maximum absolute atomic E-state index is 12.6. The lowest BCUT2D eigenvalue weighted by molar-refractivity contribution is -0.143. The zero-order chi connectivity index (χ0) is 24.5. The number of nitrogens with zero attached hydrogens (tertiary/aromatic N) is 3. The van der Waals surface area contributed by atoms with Crippen molar-refractivity contribution < 1.29 is 24.2 Å². The maximum atomic E-state index is 12.6. The van der Waals surface area contributed by atoms with E-state index in [1.165, 1.54) is 10.9 Å². The first-order valence-corrected chi connectivity index (χ1v) is 11.6. The van der Waals surface area contributed by atoms with Crippen LogP contribution < -0.4 is 5.32 Å². The molecule has 0 bridgehead atoms. The fourth-order valence-corrected chi connectivity index (χ4v) is 5.12. The fourth-order valence-electron chi connectivity index (χ4n) is 5.12. The summed E-state index contributed by atoms with van der Waals surface area (Å²) in [6.07, 6.45) is 2.84. The Morgan fingerprint density at radius 1 is 1.09 bits per heavy atom. The largest absolute Gasteiger partial charge is 0.481 e. The standard InChI is InChI=1S/C26H26N4O5/c1-16-18(25(32)33)10-11-30(16)24(31)14-29-13-17(12-27-29)28-26(34)35-15-23-21-8-4-2-6-19(21)20-7-3-5-9-22(20)23/h2-9,12-13,16,18,23H,10-11,14-15H2,1H3,(H,28,34)(H,32,33). The van der Waals surface area contributed by atoms with Gasteiger partial charge < -0.3 is 14.7 Å². The number of anilines is 1. The van der Waals surface area contributed by atoms with E-state index in [-0.39, 0.29) is 31.0 Å². The van der Waals surface area contributed by atoms with Gasteiger partial charge >= 0.3 is 12.1 Å². The SMILES string of the molecule is CC1C(C(=O)O)CCN1C(=O)Cn1cc(NC(=O)OCC2c3ccccc3-c3ccccc32)cn1. The average Bonchev–Trinajstić information content (AvgIpc) is 3.53. The van der Waals surface area contributed by atoms with E-state index >= 15 is 0 Å². The van der Waals surface area contributed by atoms with Crippen LogP contribution in [-0.4, -0.2) is 57.0 Å². The molecule has 2 unspecified atom stereocenters. The van der Waals surface area contributed by atoms with Crippen LogP contribution in [0.5, 0.6) is 0 Å². The number of carbonyl (C=O) groups is 3. The molecule has 180 valence electrons. The molecule has 3 aromatic rings. The van der Waals surface area contributed by atoms with E-state index in [4.69, 9.17) is 4.74 Å². The molecule has 0 saturated carbocycles. The van der Waals surface area contributed by atoms with Crippen molar-refractivity contribution in [3.05, 3.63) is 72.1 Å². The molecule has 1 fully saturated rings. The third kappa shape index (κ3) is 4.37. The molecule has 5 rings (SSSR count). The van der Waals surface area contributed by atoms with Crippen molar-refractivity contribution in [2.45, 2.75) is 31.8 Å². The fraction of sp³-hybridized carbons (Fsp3) is 0.308. The van der Waals surface area contributed by atoms with Crippen LogP contribution in [0, 0.1) is 5.92 Å². The van der Waals surface area contributed by atoms with Crippen LogP contribution in [0.3, 0.4) is 0 Å². The summed E-state index contributed by atoms with van der Waals surface area (Å²) in [5.41, 5.74) is 4.99. The average molecular weight is 475 g/mol. The van der Waals surface area contributed by atoms with E-state index in [1.807, 2.05) is 24.3 Å². The molecule has 1 aromatic heterocycles. The van der Waals surface area contributed by atoms with Gasteiger partial charge in [-0.05, 0) is 35.6 Å². The minimum absolute atomic E-state index is 0.0365. The van der Waals surface area contributed by atoms with Gasteiger partial charge in [0.15, 0.2) is 0 Å². The molecule has 1 saturated heterocycles. The van der Waals surface area contributed by atoms with Crippen LogP contribution in [0.4, 0.5) is 10.5 Å². The lowest BCUT2D eigenvalue weighted by Gasteiger charge is -2.23. The summed E-state index contributed by atoms with van der Waals surface area (Å²) in [7, 11) is 0. The number of amides is 2. The molecule has 0 radical (unpaired) electrons. The molecule has 35 heavy (non-hydrogen) atoms. The van der Waals surface area contributed by atoms with Gasteiger partial charge in [-0.1, -0.05) is 48.5 Å². The van der Waals surface area contributed by atoms with Gasteiger partial charge in [0.05, 0.1) is 17.8 Å². The summed E-state index contributed by atoms with van der Waals surface area (Å²) in [6.45, 7) is 2.31. The Bertz CT molecular complexity index is 1240. The topological polar surface area (TPSA) is 114 Å². The number of fused-ring (bicyclic) bond motifs is 3. The Hall–Kier alpha value is -4.14. The summed E-state index contributed by atoms with van der Waals surface area (Å²) in [5, 5.41) is 16.1. The van der Waals surface area contributed by atoms with Crippen LogP contribution in [-0.2, 0) is 20.9 Å². The number of carbonyl (C=O) groups excluding carboxylic acids is 2. The van der Waals surface area contributed by atoms with Crippen molar-refractivity contribution in [2.75, 3.05) is 18.5 Å². The van der Waals surface area contributed by atoms with E-state index in [9.17, 15) is 19.5 Å². The Balaban J connectivity index is 1.17. The molecular weight excluding hydrogens is 448 g/mol. The number of hydrogen-bond donors (Lipinski definition) is 2. The summed E-state index contributed by atoms with van der Waals surface area (Å²) in [6, 6.07) is 15.9. The van der Waals surface area contributed by atoms with Crippen molar-refractivity contribution in [1.82, 2.24) is 14.7 Å². The lowest BCUT2D eigenvalue weighted by Crippen LogP contribution is -2.39. The third-order valence-electron chi connectivity index (χ3n) is 6.91. The third-order valence-corrected chi connectivity index (χ3v) is 6.91. The Labute approximate surface area is 202 Å². The van der Waals surface area contributed by atoms with Gasteiger partial charge in [-0.2, -0.15) is 5.10 Å². The minimum atomic E-state index is -0.888. The van der Waals surface area contributed by atoms with E-state index in [2.05, 4.69) is 34.7 Å². The highest BCUT2D eigenvalue weighted by Gasteiger charge is 2.38. The Morgan fingerprint density at radius 3 is 2.37 bits per heavy atom. The minimum Gasteiger partial charge on any atom is -0.481 e. The quantitative estimate of drug-likeness (QED) is 0.565. The van der Waals surface area contributed by atoms with E-state index in [0.29, 0.717) is 18.7 Å². The number of benzene rings is 2. The lowest BCUT2D eigenvalue weighted by atomic mass is 9.98. The number of likely N-dealkylation sites (tertiary alicyclic amines) is 1. The number of rotatable bonds is 6. The zero-order valence-corrected chi connectivity index (χ0v) is 19.3. The highest BCUT2D eigenvalue weighted by atomic mass is 16.5.